The van der Waals surface area contributed by atoms with Crippen molar-refractivity contribution in [3.8, 4) is 0 Å². The van der Waals surface area contributed by atoms with Gasteiger partial charge in [0.15, 0.2) is 0 Å². The minimum absolute atomic E-state index is 0.0203. The molecular formula is C25H19F2N5O. The lowest BCUT2D eigenvalue weighted by Crippen LogP contribution is -2.42. The lowest BCUT2D eigenvalue weighted by Gasteiger charge is -2.32. The Balaban J connectivity index is 1.37. The summed E-state index contributed by atoms with van der Waals surface area (Å²) in [6.07, 6.45) is 7.04. The highest BCUT2D eigenvalue weighted by Crippen LogP contribution is 2.54. The number of carbonyl (C=O) groups excluding carboxylic acids is 1. The highest BCUT2D eigenvalue weighted by atomic mass is 19.1. The van der Waals surface area contributed by atoms with E-state index < -0.39 is 23.1 Å². The van der Waals surface area contributed by atoms with Gasteiger partial charge in [0.1, 0.15) is 11.6 Å². The zero-order valence-electron chi connectivity index (χ0n) is 17.5. The predicted molar refractivity (Wildman–Crippen MR) is 122 cm³/mol. The summed E-state index contributed by atoms with van der Waals surface area (Å²) in [6, 6.07) is 12.2. The number of fused-ring (bicyclic) bond motifs is 2. The average Bonchev–Trinajstić information content (AvgIpc) is 3.52. The number of rotatable bonds is 4. The molecule has 6 nitrogen and oxygen atoms in total. The summed E-state index contributed by atoms with van der Waals surface area (Å²) in [5.41, 5.74) is 7.15. The van der Waals surface area contributed by atoms with E-state index in [0.29, 0.717) is 18.1 Å². The number of halogens is 2. The third kappa shape index (κ3) is 3.05. The van der Waals surface area contributed by atoms with E-state index in [2.05, 4.69) is 33.2 Å². The van der Waals surface area contributed by atoms with Crippen molar-refractivity contribution in [1.29, 1.82) is 0 Å². The predicted octanol–water partition coefficient (Wildman–Crippen LogP) is 3.81. The molecule has 1 amide bonds. The van der Waals surface area contributed by atoms with Gasteiger partial charge in [-0.15, -0.1) is 0 Å². The third-order valence-corrected chi connectivity index (χ3v) is 6.81. The molecule has 1 aliphatic carbocycles. The van der Waals surface area contributed by atoms with Gasteiger partial charge in [-0.2, -0.15) is 0 Å². The zero-order valence-corrected chi connectivity index (χ0v) is 17.5. The summed E-state index contributed by atoms with van der Waals surface area (Å²) < 4.78 is 29.1. The quantitative estimate of drug-likeness (QED) is 0.666. The van der Waals surface area contributed by atoms with Gasteiger partial charge in [-0.25, -0.2) is 18.8 Å². The molecule has 0 spiro atoms. The Hall–Kier alpha value is -3.94. The molecule has 0 bridgehead atoms. The number of aliphatic imine (C=N–C) groups is 2. The number of carbonyl (C=O) groups is 1. The highest BCUT2D eigenvalue weighted by Gasteiger charge is 2.55. The number of guanidine groups is 1. The van der Waals surface area contributed by atoms with Crippen molar-refractivity contribution in [2.45, 2.75) is 24.3 Å². The zero-order chi connectivity index (χ0) is 22.7. The van der Waals surface area contributed by atoms with E-state index in [-0.39, 0.29) is 17.0 Å². The van der Waals surface area contributed by atoms with Gasteiger partial charge >= 0.3 is 0 Å². The van der Waals surface area contributed by atoms with Crippen LogP contribution in [0.15, 0.2) is 64.8 Å². The van der Waals surface area contributed by atoms with Gasteiger partial charge in [0.05, 0.1) is 23.7 Å². The molecule has 3 aliphatic rings. The summed E-state index contributed by atoms with van der Waals surface area (Å²) in [5, 5.41) is 1.08. The Morgan fingerprint density at radius 2 is 1.97 bits per heavy atom. The van der Waals surface area contributed by atoms with Crippen LogP contribution in [0.1, 0.15) is 34.3 Å². The fraction of sp³-hybridized carbons (Fsp3) is 0.200. The summed E-state index contributed by atoms with van der Waals surface area (Å²) in [5.74, 6) is -2.05. The molecule has 6 rings (SSSR count). The monoisotopic (exact) mass is 443 g/mol. The minimum atomic E-state index is -1.01. The molecule has 164 valence electrons. The number of nitrogens with zero attached hydrogens (tertiary/aromatic N) is 4. The van der Waals surface area contributed by atoms with E-state index in [0.717, 1.165) is 35.9 Å². The van der Waals surface area contributed by atoms with Crippen LogP contribution in [0.4, 0.5) is 8.78 Å². The first-order valence-electron chi connectivity index (χ1n) is 10.7. The van der Waals surface area contributed by atoms with Crippen molar-refractivity contribution in [2.24, 2.45) is 15.7 Å². The number of benzene rings is 2. The van der Waals surface area contributed by atoms with E-state index in [4.69, 9.17) is 5.73 Å². The second-order valence-electron chi connectivity index (χ2n) is 8.65. The maximum absolute atomic E-state index is 14.7. The molecule has 3 heterocycles. The molecule has 1 atom stereocenters. The SMILES string of the molecule is NC(=O)c1cc(F)c(C2=CN3C(=NCC3C3(c4ccc5ncccc5c4)CC3)N=C2)cc1F. The molecule has 1 saturated carbocycles. The molecule has 8 heteroatoms. The largest absolute Gasteiger partial charge is 0.366 e. The van der Waals surface area contributed by atoms with Gasteiger partial charge in [0.2, 0.25) is 5.96 Å². The van der Waals surface area contributed by atoms with Gasteiger partial charge < -0.3 is 10.6 Å². The average molecular weight is 443 g/mol. The number of pyridine rings is 1. The Bertz CT molecular complexity index is 1420. The Morgan fingerprint density at radius 1 is 1.12 bits per heavy atom. The highest BCUT2D eigenvalue weighted by molar-refractivity contribution is 6.16. The van der Waals surface area contributed by atoms with Crippen LogP contribution < -0.4 is 5.73 Å². The first-order valence-corrected chi connectivity index (χ1v) is 10.7. The number of hydrogen-bond acceptors (Lipinski definition) is 5. The molecule has 1 unspecified atom stereocenters. The van der Waals surface area contributed by atoms with Crippen molar-refractivity contribution in [2.75, 3.05) is 6.54 Å². The lowest BCUT2D eigenvalue weighted by molar-refractivity contribution is 0.0996. The van der Waals surface area contributed by atoms with Gasteiger partial charge in [-0.05, 0) is 48.7 Å². The smallest absolute Gasteiger partial charge is 0.251 e. The Morgan fingerprint density at radius 3 is 2.76 bits per heavy atom. The Labute approximate surface area is 188 Å². The summed E-state index contributed by atoms with van der Waals surface area (Å²) in [7, 11) is 0. The van der Waals surface area contributed by atoms with Crippen LogP contribution in [0.2, 0.25) is 0 Å². The summed E-state index contributed by atoms with van der Waals surface area (Å²) in [6.45, 7) is 0.568. The topological polar surface area (TPSA) is 83.9 Å². The van der Waals surface area contributed by atoms with Gasteiger partial charge in [-0.1, -0.05) is 12.1 Å². The fourth-order valence-corrected chi connectivity index (χ4v) is 4.91. The van der Waals surface area contributed by atoms with Crippen LogP contribution in [0.3, 0.4) is 0 Å². The van der Waals surface area contributed by atoms with Gasteiger partial charge in [0, 0.05) is 40.5 Å². The number of amides is 1. The van der Waals surface area contributed by atoms with Crippen molar-refractivity contribution in [3.63, 3.8) is 0 Å². The van der Waals surface area contributed by atoms with Crippen molar-refractivity contribution in [3.05, 3.63) is 83.2 Å². The van der Waals surface area contributed by atoms with Gasteiger partial charge in [0.25, 0.3) is 5.91 Å². The van der Waals surface area contributed by atoms with Crippen LogP contribution in [-0.4, -0.2) is 40.6 Å². The molecule has 33 heavy (non-hydrogen) atoms. The normalized spacial score (nSPS) is 20.4. The van der Waals surface area contributed by atoms with Crippen molar-refractivity contribution >= 4 is 34.6 Å². The second-order valence-corrected chi connectivity index (χ2v) is 8.65. The molecule has 3 aromatic rings. The van der Waals surface area contributed by atoms with Crippen LogP contribution >= 0.6 is 0 Å². The fourth-order valence-electron chi connectivity index (χ4n) is 4.91. The molecule has 0 saturated heterocycles. The first kappa shape index (κ1) is 19.7. The van der Waals surface area contributed by atoms with E-state index in [1.54, 1.807) is 12.4 Å². The number of nitrogens with two attached hydrogens (primary N) is 1. The number of allylic oxidation sites excluding steroid dienone is 1. The standard InChI is InChI=1S/C25H19F2N5O/c26-19-10-18(23(28)33)20(27)9-17(19)15-11-30-24-31-12-22(32(24)13-15)25(5-6-25)16-3-4-21-14(8-16)2-1-7-29-21/h1-4,7-11,13,22H,5-6,12H2,(H2,28,33). The molecule has 2 N–H and O–H groups in total. The molecule has 0 radical (unpaired) electrons. The van der Waals surface area contributed by atoms with E-state index in [1.807, 2.05) is 17.0 Å². The molecule has 2 aliphatic heterocycles. The first-order chi connectivity index (χ1) is 16.0. The number of aromatic nitrogens is 1. The number of primary amides is 1. The van der Waals surface area contributed by atoms with E-state index in [9.17, 15) is 13.6 Å². The van der Waals surface area contributed by atoms with Crippen molar-refractivity contribution < 1.29 is 13.6 Å². The van der Waals surface area contributed by atoms with E-state index >= 15 is 0 Å². The summed E-state index contributed by atoms with van der Waals surface area (Å²) in [4.78, 5) is 26.7. The second kappa shape index (κ2) is 7.03. The summed E-state index contributed by atoms with van der Waals surface area (Å²) >= 11 is 0. The number of hydrogen-bond donors (Lipinski definition) is 1. The molecule has 1 aromatic heterocycles. The molecule has 1 fully saturated rings. The van der Waals surface area contributed by atoms with E-state index in [1.165, 1.54) is 11.8 Å². The molecule has 2 aromatic carbocycles. The maximum atomic E-state index is 14.7. The van der Waals surface area contributed by atoms with Crippen LogP contribution in [0.25, 0.3) is 16.5 Å². The van der Waals surface area contributed by atoms with Crippen LogP contribution in [0.5, 0.6) is 0 Å². The van der Waals surface area contributed by atoms with Gasteiger partial charge in [-0.3, -0.25) is 9.78 Å². The maximum Gasteiger partial charge on any atom is 0.251 e. The van der Waals surface area contributed by atoms with Crippen molar-refractivity contribution in [1.82, 2.24) is 9.88 Å². The molecular weight excluding hydrogens is 424 g/mol. The lowest BCUT2D eigenvalue weighted by atomic mass is 9.86. The Kier molecular flexibility index (Phi) is 4.20. The minimum Gasteiger partial charge on any atom is -0.366 e. The van der Waals surface area contributed by atoms with Crippen LogP contribution in [0, 0.1) is 11.6 Å². The third-order valence-electron chi connectivity index (χ3n) is 6.81. The van der Waals surface area contributed by atoms with Crippen LogP contribution in [-0.2, 0) is 5.41 Å².